The molecule has 1 aromatic rings. The number of phenolic OH excluding ortho intramolecular Hbond substituents is 1. The predicted molar refractivity (Wildman–Crippen MR) is 74.6 cm³/mol. The van der Waals surface area contributed by atoms with Crippen LogP contribution < -0.4 is 0 Å². The Hall–Kier alpha value is -1.82. The topological polar surface area (TPSA) is 59.0 Å². The number of halogens is 1. The molecule has 0 spiro atoms. The number of ether oxygens (including phenoxy) is 2. The lowest BCUT2D eigenvalue weighted by molar-refractivity contribution is -0.0433. The Balaban J connectivity index is 2.06. The summed E-state index contributed by atoms with van der Waals surface area (Å²) in [6.45, 7) is 6.53. The zero-order valence-corrected chi connectivity index (χ0v) is 12.4. The van der Waals surface area contributed by atoms with Crippen LogP contribution in [0, 0.1) is 5.82 Å². The zero-order valence-electron chi connectivity index (χ0n) is 12.4. The molecular weight excluding hydrogens is 277 g/mol. The van der Waals surface area contributed by atoms with Crippen LogP contribution in [-0.2, 0) is 9.47 Å². The SMILES string of the molecule is CC(C)(C)OC(=O)N1CCOC(c2ccc(F)c(O)c2)C1. The molecule has 1 saturated heterocycles. The van der Waals surface area contributed by atoms with Crippen LogP contribution in [0.2, 0.25) is 0 Å². The van der Waals surface area contributed by atoms with Crippen molar-refractivity contribution in [2.45, 2.75) is 32.5 Å². The molecule has 6 heteroatoms. The lowest BCUT2D eigenvalue weighted by Gasteiger charge is -2.34. The van der Waals surface area contributed by atoms with Crippen molar-refractivity contribution in [1.29, 1.82) is 0 Å². The van der Waals surface area contributed by atoms with E-state index in [4.69, 9.17) is 9.47 Å². The van der Waals surface area contributed by atoms with Gasteiger partial charge in [0, 0.05) is 6.54 Å². The highest BCUT2D eigenvalue weighted by Gasteiger charge is 2.29. The highest BCUT2D eigenvalue weighted by molar-refractivity contribution is 5.68. The summed E-state index contributed by atoms with van der Waals surface area (Å²) in [5.41, 5.74) is 0.0705. The quantitative estimate of drug-likeness (QED) is 0.866. The van der Waals surface area contributed by atoms with Gasteiger partial charge in [-0.3, -0.25) is 0 Å². The summed E-state index contributed by atoms with van der Waals surface area (Å²) in [7, 11) is 0. The fourth-order valence-corrected chi connectivity index (χ4v) is 2.07. The number of aromatic hydroxyl groups is 1. The van der Waals surface area contributed by atoms with E-state index in [1.807, 2.05) is 0 Å². The molecule has 1 heterocycles. The van der Waals surface area contributed by atoms with Crippen molar-refractivity contribution in [2.24, 2.45) is 0 Å². The van der Waals surface area contributed by atoms with E-state index < -0.39 is 29.4 Å². The highest BCUT2D eigenvalue weighted by atomic mass is 19.1. The van der Waals surface area contributed by atoms with Gasteiger partial charge in [-0.1, -0.05) is 6.07 Å². The van der Waals surface area contributed by atoms with Gasteiger partial charge in [-0.25, -0.2) is 9.18 Å². The number of morpholine rings is 1. The summed E-state index contributed by atoms with van der Waals surface area (Å²) < 4.78 is 24.0. The Morgan fingerprint density at radius 2 is 2.19 bits per heavy atom. The fraction of sp³-hybridized carbons (Fsp3) is 0.533. The van der Waals surface area contributed by atoms with Crippen molar-refractivity contribution >= 4 is 6.09 Å². The van der Waals surface area contributed by atoms with Crippen LogP contribution in [0.1, 0.15) is 32.4 Å². The lowest BCUT2D eigenvalue weighted by atomic mass is 10.1. The predicted octanol–water partition coefficient (Wildman–Crippen LogP) is 2.84. The van der Waals surface area contributed by atoms with E-state index in [0.29, 0.717) is 25.3 Å². The first-order valence-electron chi connectivity index (χ1n) is 6.84. The van der Waals surface area contributed by atoms with Gasteiger partial charge in [-0.05, 0) is 38.5 Å². The number of carbonyl (C=O) groups is 1. The monoisotopic (exact) mass is 297 g/mol. The van der Waals surface area contributed by atoms with Crippen LogP contribution in [-0.4, -0.2) is 41.4 Å². The van der Waals surface area contributed by atoms with Crippen LogP contribution in [0.25, 0.3) is 0 Å². The Kier molecular flexibility index (Phi) is 4.37. The molecule has 1 aliphatic heterocycles. The summed E-state index contributed by atoms with van der Waals surface area (Å²) in [6, 6.07) is 4.04. The van der Waals surface area contributed by atoms with Crippen LogP contribution in [0.3, 0.4) is 0 Å². The van der Waals surface area contributed by atoms with Crippen LogP contribution in [0.4, 0.5) is 9.18 Å². The molecule has 116 valence electrons. The smallest absolute Gasteiger partial charge is 0.410 e. The molecule has 21 heavy (non-hydrogen) atoms. The van der Waals surface area contributed by atoms with Gasteiger partial charge in [0.2, 0.25) is 0 Å². The molecule has 1 unspecified atom stereocenters. The summed E-state index contributed by atoms with van der Waals surface area (Å²) in [6.07, 6.45) is -0.806. The van der Waals surface area contributed by atoms with E-state index in [-0.39, 0.29) is 0 Å². The van der Waals surface area contributed by atoms with E-state index >= 15 is 0 Å². The zero-order chi connectivity index (χ0) is 15.6. The van der Waals surface area contributed by atoms with Gasteiger partial charge in [0.25, 0.3) is 0 Å². The molecular formula is C15H20FNO4. The van der Waals surface area contributed by atoms with Gasteiger partial charge in [0.05, 0.1) is 13.2 Å². The highest BCUT2D eigenvalue weighted by Crippen LogP contribution is 2.27. The summed E-state index contributed by atoms with van der Waals surface area (Å²) >= 11 is 0. The minimum Gasteiger partial charge on any atom is -0.505 e. The standard InChI is InChI=1S/C15H20FNO4/c1-15(2,3)21-14(19)17-6-7-20-13(9-17)10-4-5-11(16)12(18)8-10/h4-5,8,13,18H,6-7,9H2,1-3H3. The molecule has 5 nitrogen and oxygen atoms in total. The largest absolute Gasteiger partial charge is 0.505 e. The molecule has 0 saturated carbocycles. The Bertz CT molecular complexity index is 527. The van der Waals surface area contributed by atoms with Gasteiger partial charge in [0.15, 0.2) is 11.6 Å². The Labute approximate surface area is 123 Å². The minimum absolute atomic E-state index is 0.306. The first-order valence-corrected chi connectivity index (χ1v) is 6.84. The molecule has 0 bridgehead atoms. The number of benzene rings is 1. The van der Waals surface area contributed by atoms with E-state index in [1.165, 1.54) is 18.2 Å². The van der Waals surface area contributed by atoms with Crippen LogP contribution in [0.5, 0.6) is 5.75 Å². The molecule has 1 aliphatic rings. The molecule has 1 atom stereocenters. The van der Waals surface area contributed by atoms with E-state index in [1.54, 1.807) is 25.7 Å². The summed E-state index contributed by atoms with van der Waals surface area (Å²) in [5.74, 6) is -1.11. The van der Waals surface area contributed by atoms with Gasteiger partial charge in [-0.15, -0.1) is 0 Å². The molecule has 0 radical (unpaired) electrons. The van der Waals surface area contributed by atoms with Gasteiger partial charge in [0.1, 0.15) is 11.7 Å². The average molecular weight is 297 g/mol. The number of phenols is 1. The second-order valence-electron chi connectivity index (χ2n) is 6.00. The van der Waals surface area contributed by atoms with Crippen LogP contribution >= 0.6 is 0 Å². The van der Waals surface area contributed by atoms with Crippen molar-refractivity contribution < 1.29 is 23.8 Å². The van der Waals surface area contributed by atoms with Crippen molar-refractivity contribution in [3.63, 3.8) is 0 Å². The van der Waals surface area contributed by atoms with Crippen molar-refractivity contribution in [3.8, 4) is 5.75 Å². The molecule has 1 aromatic carbocycles. The third-order valence-electron chi connectivity index (χ3n) is 3.06. The summed E-state index contributed by atoms with van der Waals surface area (Å²) in [5, 5.41) is 9.42. The third kappa shape index (κ3) is 4.07. The minimum atomic E-state index is -0.682. The Morgan fingerprint density at radius 3 is 2.81 bits per heavy atom. The average Bonchev–Trinajstić information content (AvgIpc) is 2.40. The second-order valence-corrected chi connectivity index (χ2v) is 6.00. The molecule has 1 fully saturated rings. The lowest BCUT2D eigenvalue weighted by Crippen LogP contribution is -2.44. The van der Waals surface area contributed by atoms with E-state index in [2.05, 4.69) is 0 Å². The fourth-order valence-electron chi connectivity index (χ4n) is 2.07. The maximum Gasteiger partial charge on any atom is 0.410 e. The number of amides is 1. The number of hydrogen-bond acceptors (Lipinski definition) is 4. The third-order valence-corrected chi connectivity index (χ3v) is 3.06. The normalized spacial score (nSPS) is 19.4. The van der Waals surface area contributed by atoms with Gasteiger partial charge in [-0.2, -0.15) is 0 Å². The van der Waals surface area contributed by atoms with Crippen molar-refractivity contribution in [1.82, 2.24) is 4.90 Å². The molecule has 2 rings (SSSR count). The first kappa shape index (κ1) is 15.6. The maximum atomic E-state index is 13.1. The van der Waals surface area contributed by atoms with E-state index in [9.17, 15) is 14.3 Å². The molecule has 0 aliphatic carbocycles. The number of hydrogen-bond donors (Lipinski definition) is 1. The first-order chi connectivity index (χ1) is 9.76. The second kappa shape index (κ2) is 5.89. The van der Waals surface area contributed by atoms with E-state index in [0.717, 1.165) is 0 Å². The molecule has 1 amide bonds. The van der Waals surface area contributed by atoms with Gasteiger partial charge >= 0.3 is 6.09 Å². The number of rotatable bonds is 1. The van der Waals surface area contributed by atoms with Gasteiger partial charge < -0.3 is 19.5 Å². The van der Waals surface area contributed by atoms with Crippen LogP contribution in [0.15, 0.2) is 18.2 Å². The van der Waals surface area contributed by atoms with Crippen molar-refractivity contribution in [3.05, 3.63) is 29.6 Å². The van der Waals surface area contributed by atoms with Crippen molar-refractivity contribution in [2.75, 3.05) is 19.7 Å². The maximum absolute atomic E-state index is 13.1. The molecule has 1 N–H and O–H groups in total. The Morgan fingerprint density at radius 1 is 1.48 bits per heavy atom. The molecule has 0 aromatic heterocycles. The number of carbonyl (C=O) groups excluding carboxylic acids is 1. The summed E-state index contributed by atoms with van der Waals surface area (Å²) in [4.78, 5) is 13.6. The number of nitrogens with zero attached hydrogens (tertiary/aromatic N) is 1.